The average molecular weight is 376 g/mol. The Bertz CT molecular complexity index is 956. The maximum atomic E-state index is 12.5. The normalized spacial score (nSPS) is 15.3. The van der Waals surface area contributed by atoms with Gasteiger partial charge in [0.1, 0.15) is 18.1 Å². The molecule has 0 aliphatic heterocycles. The molecule has 1 aliphatic carbocycles. The van der Waals surface area contributed by atoms with Crippen LogP contribution in [0.4, 0.5) is 0 Å². The van der Waals surface area contributed by atoms with Gasteiger partial charge in [0.25, 0.3) is 0 Å². The zero-order chi connectivity index (χ0) is 19.5. The van der Waals surface area contributed by atoms with Crippen molar-refractivity contribution < 1.29 is 14.1 Å². The molecule has 1 heterocycles. The quantitative estimate of drug-likeness (QED) is 0.700. The Hall–Kier alpha value is -3.08. The number of carbonyl (C=O) groups is 1. The zero-order valence-corrected chi connectivity index (χ0v) is 16.2. The summed E-state index contributed by atoms with van der Waals surface area (Å²) in [5, 5.41) is 7.10. The summed E-state index contributed by atoms with van der Waals surface area (Å²) >= 11 is 0. The fraction of sp³-hybridized carbons (Fsp3) is 0.304. The second-order valence-electron chi connectivity index (χ2n) is 7.27. The van der Waals surface area contributed by atoms with Crippen molar-refractivity contribution in [1.82, 2.24) is 10.5 Å². The third kappa shape index (κ3) is 3.93. The number of amides is 1. The Balaban J connectivity index is 1.31. The highest BCUT2D eigenvalue weighted by Crippen LogP contribution is 2.30. The smallest absolute Gasteiger partial charge is 0.224 e. The summed E-state index contributed by atoms with van der Waals surface area (Å²) in [5.41, 5.74) is 5.37. The highest BCUT2D eigenvalue weighted by molar-refractivity contribution is 5.79. The van der Waals surface area contributed by atoms with E-state index in [1.54, 1.807) is 0 Å². The molecule has 0 bridgehead atoms. The van der Waals surface area contributed by atoms with E-state index >= 15 is 0 Å². The van der Waals surface area contributed by atoms with Gasteiger partial charge in [-0.15, -0.1) is 0 Å². The van der Waals surface area contributed by atoms with Crippen molar-refractivity contribution in [1.29, 1.82) is 0 Å². The third-order valence-corrected chi connectivity index (χ3v) is 5.32. The first-order chi connectivity index (χ1) is 13.6. The number of nitrogens with zero attached hydrogens (tertiary/aromatic N) is 1. The monoisotopic (exact) mass is 376 g/mol. The zero-order valence-electron chi connectivity index (χ0n) is 16.2. The molecule has 1 aliphatic rings. The molecule has 0 fully saturated rings. The number of rotatable bonds is 6. The van der Waals surface area contributed by atoms with Gasteiger partial charge in [-0.3, -0.25) is 4.79 Å². The first kappa shape index (κ1) is 18.3. The van der Waals surface area contributed by atoms with Crippen LogP contribution in [0.15, 0.2) is 53.1 Å². The summed E-state index contributed by atoms with van der Waals surface area (Å²) in [6.07, 6.45) is 2.36. The van der Waals surface area contributed by atoms with Crippen molar-refractivity contribution >= 4 is 5.91 Å². The number of aryl methyl sites for hydroxylation is 3. The van der Waals surface area contributed by atoms with Crippen LogP contribution in [-0.4, -0.2) is 11.1 Å². The number of carbonyl (C=O) groups excluding carboxylic acids is 1. The van der Waals surface area contributed by atoms with Crippen molar-refractivity contribution in [2.75, 3.05) is 0 Å². The molecule has 1 amide bonds. The summed E-state index contributed by atoms with van der Waals surface area (Å²) < 4.78 is 11.0. The average Bonchev–Trinajstić information content (AvgIpc) is 3.25. The van der Waals surface area contributed by atoms with Crippen molar-refractivity contribution in [3.63, 3.8) is 0 Å². The Labute approximate surface area is 164 Å². The molecule has 4 rings (SSSR count). The van der Waals surface area contributed by atoms with E-state index in [2.05, 4.69) is 28.7 Å². The van der Waals surface area contributed by atoms with E-state index in [9.17, 15) is 4.79 Å². The van der Waals surface area contributed by atoms with Crippen LogP contribution < -0.4 is 10.1 Å². The van der Waals surface area contributed by atoms with Crippen LogP contribution in [0.3, 0.4) is 0 Å². The summed E-state index contributed by atoms with van der Waals surface area (Å²) in [5.74, 6) is 1.58. The second-order valence-corrected chi connectivity index (χ2v) is 7.27. The van der Waals surface area contributed by atoms with Gasteiger partial charge in [0.15, 0.2) is 0 Å². The maximum absolute atomic E-state index is 12.5. The number of fused-ring (bicyclic) bond motifs is 1. The first-order valence-electron chi connectivity index (χ1n) is 9.61. The minimum Gasteiger partial charge on any atom is -0.489 e. The fourth-order valence-electron chi connectivity index (χ4n) is 3.70. The van der Waals surface area contributed by atoms with Crippen LogP contribution in [0.25, 0.3) is 0 Å². The molecule has 1 unspecified atom stereocenters. The highest BCUT2D eigenvalue weighted by Gasteiger charge is 2.23. The van der Waals surface area contributed by atoms with E-state index in [0.29, 0.717) is 13.0 Å². The molecule has 5 heteroatoms. The molecule has 28 heavy (non-hydrogen) atoms. The van der Waals surface area contributed by atoms with E-state index in [1.807, 2.05) is 44.2 Å². The van der Waals surface area contributed by atoms with E-state index in [1.165, 1.54) is 11.1 Å². The number of hydrogen-bond acceptors (Lipinski definition) is 4. The standard InChI is InChI=1S/C23H24N2O3/c1-15-21(16(2)28-25-15)14-27-19-10-7-17(8-11-19)13-23(26)24-22-12-9-18-5-3-4-6-20(18)22/h3-8,10-11,22H,9,12-14H2,1-2H3,(H,24,26). The molecular weight excluding hydrogens is 352 g/mol. The molecule has 1 N–H and O–H groups in total. The summed E-state index contributed by atoms with van der Waals surface area (Å²) in [6, 6.07) is 16.1. The lowest BCUT2D eigenvalue weighted by Crippen LogP contribution is -2.28. The van der Waals surface area contributed by atoms with Gasteiger partial charge in [0.2, 0.25) is 5.91 Å². The Morgan fingerprint density at radius 2 is 1.96 bits per heavy atom. The lowest BCUT2D eigenvalue weighted by molar-refractivity contribution is -0.121. The SMILES string of the molecule is Cc1noc(C)c1COc1ccc(CC(=O)NC2CCc3ccccc32)cc1. The summed E-state index contributed by atoms with van der Waals surface area (Å²) in [6.45, 7) is 4.20. The molecule has 1 aromatic heterocycles. The first-order valence-corrected chi connectivity index (χ1v) is 9.61. The van der Waals surface area contributed by atoms with Gasteiger partial charge >= 0.3 is 0 Å². The lowest BCUT2D eigenvalue weighted by Gasteiger charge is -2.14. The predicted molar refractivity (Wildman–Crippen MR) is 106 cm³/mol. The van der Waals surface area contributed by atoms with Crippen LogP contribution in [0.5, 0.6) is 5.75 Å². The van der Waals surface area contributed by atoms with E-state index in [0.717, 1.165) is 41.2 Å². The topological polar surface area (TPSA) is 64.4 Å². The van der Waals surface area contributed by atoms with Crippen molar-refractivity contribution in [2.45, 2.75) is 45.8 Å². The molecule has 1 atom stereocenters. The Kier molecular flexibility index (Phi) is 5.15. The molecule has 0 saturated heterocycles. The van der Waals surface area contributed by atoms with Crippen molar-refractivity contribution in [3.8, 4) is 5.75 Å². The largest absolute Gasteiger partial charge is 0.489 e. The molecular formula is C23H24N2O3. The maximum Gasteiger partial charge on any atom is 0.224 e. The van der Waals surface area contributed by atoms with Gasteiger partial charge in [-0.1, -0.05) is 41.6 Å². The van der Waals surface area contributed by atoms with Gasteiger partial charge in [-0.05, 0) is 55.5 Å². The number of hydrogen-bond donors (Lipinski definition) is 1. The molecule has 3 aromatic rings. The van der Waals surface area contributed by atoms with Crippen molar-refractivity contribution in [3.05, 3.63) is 82.2 Å². The lowest BCUT2D eigenvalue weighted by atomic mass is 10.1. The van der Waals surface area contributed by atoms with Gasteiger partial charge in [-0.25, -0.2) is 0 Å². The summed E-state index contributed by atoms with van der Waals surface area (Å²) in [7, 11) is 0. The number of nitrogens with one attached hydrogen (secondary N) is 1. The van der Waals surface area contributed by atoms with Crippen LogP contribution >= 0.6 is 0 Å². The Morgan fingerprint density at radius 1 is 1.18 bits per heavy atom. The van der Waals surface area contributed by atoms with E-state index < -0.39 is 0 Å². The van der Waals surface area contributed by atoms with Gasteiger partial charge in [-0.2, -0.15) is 0 Å². The van der Waals surface area contributed by atoms with Crippen LogP contribution in [0.2, 0.25) is 0 Å². The fourth-order valence-corrected chi connectivity index (χ4v) is 3.70. The molecule has 5 nitrogen and oxygen atoms in total. The van der Waals surface area contributed by atoms with Crippen molar-refractivity contribution in [2.24, 2.45) is 0 Å². The highest BCUT2D eigenvalue weighted by atomic mass is 16.5. The number of aromatic nitrogens is 1. The number of ether oxygens (including phenoxy) is 1. The van der Waals surface area contributed by atoms with Gasteiger partial charge in [0.05, 0.1) is 23.7 Å². The van der Waals surface area contributed by atoms with Crippen LogP contribution in [0, 0.1) is 13.8 Å². The second kappa shape index (κ2) is 7.89. The molecule has 0 radical (unpaired) electrons. The van der Waals surface area contributed by atoms with Gasteiger partial charge < -0.3 is 14.6 Å². The molecule has 144 valence electrons. The minimum atomic E-state index is 0.0473. The molecule has 0 saturated carbocycles. The van der Waals surface area contributed by atoms with Crippen LogP contribution in [-0.2, 0) is 24.2 Å². The van der Waals surface area contributed by atoms with E-state index in [4.69, 9.17) is 9.26 Å². The minimum absolute atomic E-state index is 0.0473. The Morgan fingerprint density at radius 3 is 2.71 bits per heavy atom. The third-order valence-electron chi connectivity index (χ3n) is 5.32. The van der Waals surface area contributed by atoms with Crippen LogP contribution in [0.1, 0.15) is 46.2 Å². The molecule has 2 aromatic carbocycles. The summed E-state index contributed by atoms with van der Waals surface area (Å²) in [4.78, 5) is 12.5. The number of benzene rings is 2. The predicted octanol–water partition coefficient (Wildman–Crippen LogP) is 4.22. The van der Waals surface area contributed by atoms with E-state index in [-0.39, 0.29) is 11.9 Å². The van der Waals surface area contributed by atoms with Gasteiger partial charge in [0, 0.05) is 0 Å². The molecule has 0 spiro atoms.